The summed E-state index contributed by atoms with van der Waals surface area (Å²) in [6.45, 7) is 3.91. The molecule has 1 aromatic heterocycles. The van der Waals surface area contributed by atoms with Gasteiger partial charge >= 0.3 is 0 Å². The lowest BCUT2D eigenvalue weighted by molar-refractivity contribution is 0.203. The zero-order chi connectivity index (χ0) is 32.3. The fourth-order valence-corrected chi connectivity index (χ4v) is 5.32. The minimum absolute atomic E-state index is 0.0544. The third-order valence-electron chi connectivity index (χ3n) is 7.48. The quantitative estimate of drug-likeness (QED) is 0.0701. The molecule has 0 radical (unpaired) electrons. The fourth-order valence-electron chi connectivity index (χ4n) is 5.15. The molecule has 1 aliphatic rings. The van der Waals surface area contributed by atoms with E-state index in [0.29, 0.717) is 57.5 Å². The van der Waals surface area contributed by atoms with E-state index in [0.717, 1.165) is 26.1 Å². The third-order valence-corrected chi connectivity index (χ3v) is 7.67. The molecule has 0 atom stereocenters. The van der Waals surface area contributed by atoms with Crippen molar-refractivity contribution >= 4 is 40.1 Å². The Morgan fingerprint density at radius 1 is 0.913 bits per heavy atom. The highest BCUT2D eigenvalue weighted by Gasteiger charge is 2.15. The molecule has 1 aliphatic heterocycles. The highest BCUT2D eigenvalue weighted by molar-refractivity contribution is 7.80. The average Bonchev–Trinajstić information content (AvgIpc) is 3.07. The van der Waals surface area contributed by atoms with Gasteiger partial charge in [0.15, 0.2) is 28.2 Å². The maximum atomic E-state index is 15.1. The van der Waals surface area contributed by atoms with E-state index in [-0.39, 0.29) is 10.9 Å². The Kier molecular flexibility index (Phi) is 11.4. The smallest absolute Gasteiger partial charge is 0.191 e. The van der Waals surface area contributed by atoms with Crippen molar-refractivity contribution in [2.45, 2.75) is 25.7 Å². The number of rotatable bonds is 13. The summed E-state index contributed by atoms with van der Waals surface area (Å²) in [5.41, 5.74) is 4.53. The largest absolute Gasteiger partial charge is 0.497 e. The van der Waals surface area contributed by atoms with E-state index in [1.54, 1.807) is 70.0 Å². The normalized spacial score (nSPS) is 13.4. The summed E-state index contributed by atoms with van der Waals surface area (Å²) < 4.78 is 43.4. The van der Waals surface area contributed by atoms with Gasteiger partial charge in [-0.25, -0.2) is 4.39 Å². The number of thiocarbonyl (C=S) groups is 1. The van der Waals surface area contributed by atoms with E-state index < -0.39 is 5.82 Å². The summed E-state index contributed by atoms with van der Waals surface area (Å²) in [6.07, 6.45) is 7.86. The lowest BCUT2D eigenvalue weighted by atomic mass is 10.1. The minimum Gasteiger partial charge on any atom is -0.497 e. The number of hydrogen-bond acceptors (Lipinski definition) is 9. The molecule has 1 fully saturated rings. The van der Waals surface area contributed by atoms with Gasteiger partial charge in [-0.05, 0) is 80.5 Å². The molecule has 46 heavy (non-hydrogen) atoms. The Hall–Kier alpha value is -4.68. The van der Waals surface area contributed by atoms with Gasteiger partial charge in [-0.3, -0.25) is 10.4 Å². The van der Waals surface area contributed by atoms with Crippen LogP contribution in [0, 0.1) is 5.82 Å². The van der Waals surface area contributed by atoms with Gasteiger partial charge in [-0.1, -0.05) is 6.42 Å². The summed E-state index contributed by atoms with van der Waals surface area (Å²) in [5.74, 6) is 2.32. The van der Waals surface area contributed by atoms with Crippen LogP contribution in [0.2, 0.25) is 0 Å². The van der Waals surface area contributed by atoms with Gasteiger partial charge in [0.2, 0.25) is 0 Å². The molecule has 0 amide bonds. The van der Waals surface area contributed by atoms with Crippen LogP contribution in [0.25, 0.3) is 10.9 Å². The number of anilines is 1. The van der Waals surface area contributed by atoms with Crippen molar-refractivity contribution in [3.63, 3.8) is 0 Å². The van der Waals surface area contributed by atoms with Crippen LogP contribution in [0.3, 0.4) is 0 Å². The van der Waals surface area contributed by atoms with Crippen LogP contribution in [0.15, 0.2) is 65.9 Å². The maximum Gasteiger partial charge on any atom is 0.191 e. The lowest BCUT2D eigenvalue weighted by Crippen LogP contribution is -2.31. The number of pyridine rings is 1. The molecule has 10 nitrogen and oxygen atoms in total. The Morgan fingerprint density at radius 3 is 2.41 bits per heavy atom. The number of methoxy groups -OCH3 is 3. The van der Waals surface area contributed by atoms with Gasteiger partial charge in [0.05, 0.1) is 39.7 Å². The topological polar surface area (TPSA) is 98.7 Å². The molecule has 3 aromatic carbocycles. The molecule has 1 saturated heterocycles. The molecule has 4 aromatic rings. The Balaban J connectivity index is 1.20. The van der Waals surface area contributed by atoms with Gasteiger partial charge in [0, 0.05) is 48.1 Å². The average molecular weight is 648 g/mol. The molecular formula is C34H38FN5O5S. The summed E-state index contributed by atoms with van der Waals surface area (Å²) in [6, 6.07) is 15.2. The van der Waals surface area contributed by atoms with Crippen LogP contribution in [0.1, 0.15) is 31.2 Å². The predicted molar refractivity (Wildman–Crippen MR) is 182 cm³/mol. The summed E-state index contributed by atoms with van der Waals surface area (Å²) in [5, 5.41) is 8.02. The predicted octanol–water partition coefficient (Wildman–Crippen LogP) is 6.77. The second-order valence-corrected chi connectivity index (χ2v) is 11.1. The number of hydrogen-bond donors (Lipinski definition) is 2. The molecule has 2 heterocycles. The van der Waals surface area contributed by atoms with Crippen molar-refractivity contribution in [2.24, 2.45) is 5.10 Å². The standard InChI is InChI=1S/C34H38FN5O5S/c1-41-25-17-24(18-26(19-25)42-2)38-34(46)39-37-22-23-8-9-31(28(35)16-23)45-30-10-11-36-29-21-33(32(43-3)20-27(29)30)44-15-7-14-40-12-5-4-6-13-40/h8-11,16-22H,4-7,12-15H2,1-3H3,(H2,38,39,46)/b37-22+. The second kappa shape index (κ2) is 16.1. The van der Waals surface area contributed by atoms with Gasteiger partial charge in [0.1, 0.15) is 17.2 Å². The molecule has 12 heteroatoms. The van der Waals surface area contributed by atoms with Gasteiger partial charge < -0.3 is 33.9 Å². The number of nitrogens with one attached hydrogen (secondary N) is 2. The number of piperidine rings is 1. The van der Waals surface area contributed by atoms with Crippen molar-refractivity contribution in [3.8, 4) is 34.5 Å². The van der Waals surface area contributed by atoms with Crippen molar-refractivity contribution < 1.29 is 28.1 Å². The molecular weight excluding hydrogens is 609 g/mol. The van der Waals surface area contributed by atoms with Gasteiger partial charge in [-0.2, -0.15) is 5.10 Å². The zero-order valence-electron chi connectivity index (χ0n) is 26.2. The first-order valence-corrected chi connectivity index (χ1v) is 15.5. The third kappa shape index (κ3) is 8.73. The SMILES string of the molecule is COc1cc(NC(=S)N/N=C/c2ccc(Oc3ccnc4cc(OCCCN5CCCCC5)c(OC)cc34)c(F)c2)cc(OC)c1. The van der Waals surface area contributed by atoms with Crippen LogP contribution in [-0.2, 0) is 0 Å². The highest BCUT2D eigenvalue weighted by Crippen LogP contribution is 2.37. The first-order valence-electron chi connectivity index (χ1n) is 15.1. The van der Waals surface area contributed by atoms with Crippen molar-refractivity contribution in [1.29, 1.82) is 0 Å². The number of nitrogens with zero attached hydrogens (tertiary/aromatic N) is 3. The maximum absolute atomic E-state index is 15.1. The molecule has 0 unspecified atom stereocenters. The molecule has 0 aliphatic carbocycles. The number of fused-ring (bicyclic) bond motifs is 1. The van der Waals surface area contributed by atoms with Crippen LogP contribution < -0.4 is 34.4 Å². The number of halogens is 1. The van der Waals surface area contributed by atoms with E-state index in [1.165, 1.54) is 31.5 Å². The Labute approximate surface area is 273 Å². The summed E-state index contributed by atoms with van der Waals surface area (Å²) >= 11 is 5.31. The number of likely N-dealkylation sites (tertiary alicyclic amines) is 1. The Bertz CT molecular complexity index is 1660. The zero-order valence-corrected chi connectivity index (χ0v) is 27.0. The van der Waals surface area contributed by atoms with Crippen LogP contribution >= 0.6 is 12.2 Å². The van der Waals surface area contributed by atoms with Crippen LogP contribution in [0.5, 0.6) is 34.5 Å². The number of aromatic nitrogens is 1. The number of hydrazone groups is 1. The van der Waals surface area contributed by atoms with Gasteiger partial charge in [-0.15, -0.1) is 0 Å². The first kappa shape index (κ1) is 32.7. The molecule has 0 spiro atoms. The number of ether oxygens (including phenoxy) is 5. The first-order chi connectivity index (χ1) is 22.4. The lowest BCUT2D eigenvalue weighted by Gasteiger charge is -2.26. The monoisotopic (exact) mass is 647 g/mol. The molecule has 0 bridgehead atoms. The minimum atomic E-state index is -0.557. The van der Waals surface area contributed by atoms with Crippen molar-refractivity contribution in [3.05, 3.63) is 72.2 Å². The van der Waals surface area contributed by atoms with Crippen molar-refractivity contribution in [2.75, 3.05) is 52.9 Å². The molecule has 0 saturated carbocycles. The Morgan fingerprint density at radius 2 is 1.70 bits per heavy atom. The van der Waals surface area contributed by atoms with E-state index >= 15 is 4.39 Å². The number of benzene rings is 3. The second-order valence-electron chi connectivity index (χ2n) is 10.7. The summed E-state index contributed by atoms with van der Waals surface area (Å²) in [4.78, 5) is 6.97. The van der Waals surface area contributed by atoms with E-state index in [9.17, 15) is 0 Å². The summed E-state index contributed by atoms with van der Waals surface area (Å²) in [7, 11) is 4.72. The van der Waals surface area contributed by atoms with Gasteiger partial charge in [0.25, 0.3) is 0 Å². The molecule has 5 rings (SSSR count). The van der Waals surface area contributed by atoms with Crippen LogP contribution in [0.4, 0.5) is 10.1 Å². The van der Waals surface area contributed by atoms with Crippen molar-refractivity contribution in [1.82, 2.24) is 15.3 Å². The van der Waals surface area contributed by atoms with E-state index in [1.807, 2.05) is 6.07 Å². The highest BCUT2D eigenvalue weighted by atomic mass is 32.1. The van der Waals surface area contributed by atoms with E-state index in [4.69, 9.17) is 35.9 Å². The molecule has 242 valence electrons. The van der Waals surface area contributed by atoms with Crippen LogP contribution in [-0.4, -0.2) is 68.8 Å². The fraction of sp³-hybridized carbons (Fsp3) is 0.324. The van der Waals surface area contributed by atoms with E-state index in [2.05, 4.69) is 25.7 Å². The molecule has 2 N–H and O–H groups in total.